The van der Waals surface area contributed by atoms with Crippen LogP contribution in [0.5, 0.6) is 0 Å². The lowest BCUT2D eigenvalue weighted by Crippen LogP contribution is -2.39. The lowest BCUT2D eigenvalue weighted by molar-refractivity contribution is 0.0698. The Balaban J connectivity index is 1.28. The molecule has 8 nitrogen and oxygen atoms in total. The molecule has 5 rings (SSSR count). The number of carbonyl (C=O) groups is 1. The molecule has 3 aromatic rings. The fraction of sp³-hybridized carbons (Fsp3) is 0.409. The zero-order chi connectivity index (χ0) is 22.1. The number of likely N-dealkylation sites (tertiary alicyclic amines) is 1. The number of thiophene rings is 1. The number of sulfonamides is 1. The second-order valence-electron chi connectivity index (χ2n) is 8.18. The molecule has 2 saturated heterocycles. The molecule has 1 amide bonds. The van der Waals surface area contributed by atoms with Crippen molar-refractivity contribution in [2.45, 2.75) is 36.5 Å². The van der Waals surface area contributed by atoms with Gasteiger partial charge in [-0.2, -0.15) is 15.6 Å². The highest BCUT2D eigenvalue weighted by atomic mass is 32.2. The number of nitrogens with zero attached hydrogens (tertiary/aromatic N) is 4. The minimum atomic E-state index is -3.49. The average molecular weight is 473 g/mol. The third-order valence-corrected chi connectivity index (χ3v) is 8.67. The largest absolute Gasteiger partial charge is 0.420 e. The first-order chi connectivity index (χ1) is 15.5. The molecule has 2 fully saturated rings. The van der Waals surface area contributed by atoms with E-state index in [1.54, 1.807) is 28.4 Å². The monoisotopic (exact) mass is 472 g/mol. The summed E-state index contributed by atoms with van der Waals surface area (Å²) in [5.74, 6) is 0.926. The van der Waals surface area contributed by atoms with E-state index in [-0.39, 0.29) is 16.7 Å². The van der Waals surface area contributed by atoms with E-state index in [4.69, 9.17) is 4.42 Å². The van der Waals surface area contributed by atoms with E-state index in [1.807, 2.05) is 16.8 Å². The van der Waals surface area contributed by atoms with E-state index >= 15 is 0 Å². The summed E-state index contributed by atoms with van der Waals surface area (Å²) in [6.07, 6.45) is 3.50. The van der Waals surface area contributed by atoms with E-state index < -0.39 is 10.0 Å². The fourth-order valence-electron chi connectivity index (χ4n) is 4.30. The Morgan fingerprint density at radius 2 is 1.81 bits per heavy atom. The Morgan fingerprint density at radius 1 is 1.03 bits per heavy atom. The molecule has 0 saturated carbocycles. The summed E-state index contributed by atoms with van der Waals surface area (Å²) in [5.41, 5.74) is 1.39. The fourth-order valence-corrected chi connectivity index (χ4v) is 6.44. The molecule has 1 aromatic carbocycles. The summed E-state index contributed by atoms with van der Waals surface area (Å²) in [5, 5.41) is 12.3. The highest BCUT2D eigenvalue weighted by Gasteiger charge is 2.30. The summed E-state index contributed by atoms with van der Waals surface area (Å²) < 4.78 is 32.8. The van der Waals surface area contributed by atoms with E-state index in [0.717, 1.165) is 31.2 Å². The summed E-state index contributed by atoms with van der Waals surface area (Å²) in [4.78, 5) is 15.1. The first-order valence-electron chi connectivity index (χ1n) is 10.8. The van der Waals surface area contributed by atoms with Crippen LogP contribution < -0.4 is 0 Å². The van der Waals surface area contributed by atoms with Crippen molar-refractivity contribution in [3.8, 4) is 11.5 Å². The molecule has 0 aliphatic carbocycles. The molecule has 1 unspecified atom stereocenters. The molecule has 0 N–H and O–H groups in total. The van der Waals surface area contributed by atoms with Crippen LogP contribution in [0.1, 0.15) is 47.8 Å². The minimum Gasteiger partial charge on any atom is -0.420 e. The maximum atomic E-state index is 13.1. The first-order valence-corrected chi connectivity index (χ1v) is 13.2. The van der Waals surface area contributed by atoms with E-state index in [9.17, 15) is 13.2 Å². The van der Waals surface area contributed by atoms with Crippen LogP contribution in [0.15, 0.2) is 50.4 Å². The molecule has 10 heteroatoms. The van der Waals surface area contributed by atoms with Gasteiger partial charge in [-0.1, -0.05) is 0 Å². The summed E-state index contributed by atoms with van der Waals surface area (Å²) in [7, 11) is -3.49. The van der Waals surface area contributed by atoms with Crippen LogP contribution in [-0.2, 0) is 10.0 Å². The SMILES string of the molecule is O=C(c1ccc(S(=O)(=O)N2CCCC2)cc1)N1CCCC(c2nnc(-c3ccsc3)o2)C1. The second-order valence-corrected chi connectivity index (χ2v) is 10.9. The smallest absolute Gasteiger partial charge is 0.253 e. The van der Waals surface area contributed by atoms with Gasteiger partial charge in [-0.05, 0) is 61.4 Å². The molecule has 0 bridgehead atoms. The van der Waals surface area contributed by atoms with Crippen molar-refractivity contribution in [1.29, 1.82) is 0 Å². The average Bonchev–Trinajstić information content (AvgIpc) is 3.60. The van der Waals surface area contributed by atoms with E-state index in [2.05, 4.69) is 10.2 Å². The highest BCUT2D eigenvalue weighted by Crippen LogP contribution is 2.30. The maximum Gasteiger partial charge on any atom is 0.253 e. The maximum absolute atomic E-state index is 13.1. The number of carbonyl (C=O) groups excluding carboxylic acids is 1. The Hall–Kier alpha value is -2.56. The molecular weight excluding hydrogens is 448 g/mol. The van der Waals surface area contributed by atoms with Gasteiger partial charge < -0.3 is 9.32 Å². The molecule has 2 aliphatic heterocycles. The van der Waals surface area contributed by atoms with Crippen LogP contribution in [0.2, 0.25) is 0 Å². The lowest BCUT2D eigenvalue weighted by atomic mass is 9.97. The molecule has 32 heavy (non-hydrogen) atoms. The molecule has 4 heterocycles. The Morgan fingerprint density at radius 3 is 2.53 bits per heavy atom. The van der Waals surface area contributed by atoms with E-state index in [0.29, 0.717) is 43.5 Å². The third kappa shape index (κ3) is 4.10. The van der Waals surface area contributed by atoms with Crippen LogP contribution in [0, 0.1) is 0 Å². The van der Waals surface area contributed by atoms with Crippen molar-refractivity contribution < 1.29 is 17.6 Å². The van der Waals surface area contributed by atoms with Crippen molar-refractivity contribution in [1.82, 2.24) is 19.4 Å². The predicted octanol–water partition coefficient (Wildman–Crippen LogP) is 3.60. The third-order valence-electron chi connectivity index (χ3n) is 6.07. The number of benzene rings is 1. The summed E-state index contributed by atoms with van der Waals surface area (Å²) >= 11 is 1.57. The molecular formula is C22H24N4O4S2. The number of hydrogen-bond donors (Lipinski definition) is 0. The van der Waals surface area contributed by atoms with Gasteiger partial charge in [-0.3, -0.25) is 4.79 Å². The molecule has 0 radical (unpaired) electrons. The van der Waals surface area contributed by atoms with Gasteiger partial charge in [-0.25, -0.2) is 8.42 Å². The molecule has 0 spiro atoms. The van der Waals surface area contributed by atoms with E-state index in [1.165, 1.54) is 16.4 Å². The van der Waals surface area contributed by atoms with Crippen LogP contribution in [-0.4, -0.2) is 59.9 Å². The van der Waals surface area contributed by atoms with Crippen LogP contribution in [0.4, 0.5) is 0 Å². The van der Waals surface area contributed by atoms with Gasteiger partial charge >= 0.3 is 0 Å². The Bertz CT molecular complexity index is 1180. The first kappa shape index (κ1) is 21.3. The minimum absolute atomic E-state index is 0.0117. The standard InChI is InChI=1S/C22H24N4O4S2/c27-22(16-5-7-19(8-6-16)32(28,29)26-11-1-2-12-26)25-10-3-4-17(14-25)20-23-24-21(30-20)18-9-13-31-15-18/h5-9,13,15,17H,1-4,10-12,14H2. The van der Waals surface area contributed by atoms with Gasteiger partial charge in [0.15, 0.2) is 0 Å². The van der Waals surface area contributed by atoms with Gasteiger partial charge in [0.1, 0.15) is 0 Å². The number of rotatable bonds is 5. The highest BCUT2D eigenvalue weighted by molar-refractivity contribution is 7.89. The van der Waals surface area contributed by atoms with Gasteiger partial charge in [0, 0.05) is 42.7 Å². The quantitative estimate of drug-likeness (QED) is 0.563. The van der Waals surface area contributed by atoms with Gasteiger partial charge in [-0.15, -0.1) is 10.2 Å². The van der Waals surface area contributed by atoms with Crippen LogP contribution in [0.3, 0.4) is 0 Å². The Kier molecular flexibility index (Phi) is 5.83. The molecule has 2 aromatic heterocycles. The molecule has 1 atom stereocenters. The number of hydrogen-bond acceptors (Lipinski definition) is 7. The van der Waals surface area contributed by atoms with Crippen molar-refractivity contribution in [3.63, 3.8) is 0 Å². The Labute approximate surface area is 190 Å². The summed E-state index contributed by atoms with van der Waals surface area (Å²) in [6, 6.07) is 8.22. The summed E-state index contributed by atoms with van der Waals surface area (Å²) in [6.45, 7) is 2.26. The zero-order valence-corrected chi connectivity index (χ0v) is 19.1. The number of amides is 1. The number of aromatic nitrogens is 2. The number of piperidine rings is 1. The molecule has 2 aliphatic rings. The zero-order valence-electron chi connectivity index (χ0n) is 17.5. The predicted molar refractivity (Wildman–Crippen MR) is 120 cm³/mol. The van der Waals surface area contributed by atoms with Crippen molar-refractivity contribution >= 4 is 27.3 Å². The van der Waals surface area contributed by atoms with Gasteiger partial charge in [0.25, 0.3) is 5.91 Å². The van der Waals surface area contributed by atoms with Crippen LogP contribution in [0.25, 0.3) is 11.5 Å². The molecule has 168 valence electrons. The van der Waals surface area contributed by atoms with Gasteiger partial charge in [0.2, 0.25) is 21.8 Å². The van der Waals surface area contributed by atoms with Crippen molar-refractivity contribution in [3.05, 3.63) is 52.5 Å². The van der Waals surface area contributed by atoms with Gasteiger partial charge in [0.05, 0.1) is 10.8 Å². The lowest BCUT2D eigenvalue weighted by Gasteiger charge is -2.31. The second kappa shape index (κ2) is 8.76. The van der Waals surface area contributed by atoms with Crippen molar-refractivity contribution in [2.24, 2.45) is 0 Å². The van der Waals surface area contributed by atoms with Crippen LogP contribution >= 0.6 is 11.3 Å². The normalized spacial score (nSPS) is 20.0. The van der Waals surface area contributed by atoms with Crippen molar-refractivity contribution in [2.75, 3.05) is 26.2 Å². The topological polar surface area (TPSA) is 96.6 Å².